The number of allylic oxidation sites excluding steroid dienone is 1. The monoisotopic (exact) mass is 639 g/mol. The lowest BCUT2D eigenvalue weighted by Gasteiger charge is -2.32. The number of fused-ring (bicyclic) bond motifs is 1. The lowest BCUT2D eigenvalue weighted by Crippen LogP contribution is -2.47. The molecule has 0 spiro atoms. The van der Waals surface area contributed by atoms with Crippen molar-refractivity contribution in [2.75, 3.05) is 17.4 Å². The Morgan fingerprint density at radius 3 is 2.37 bits per heavy atom. The molecule has 1 aliphatic rings. The van der Waals surface area contributed by atoms with E-state index in [1.165, 1.54) is 11.4 Å². The zero-order valence-electron chi connectivity index (χ0n) is 24.9. The highest BCUT2D eigenvalue weighted by Crippen LogP contribution is 2.40. The van der Waals surface area contributed by atoms with Crippen LogP contribution in [0.25, 0.3) is 11.2 Å². The summed E-state index contributed by atoms with van der Waals surface area (Å²) in [6, 6.07) is 27.0. The van der Waals surface area contributed by atoms with E-state index >= 15 is 0 Å². The summed E-state index contributed by atoms with van der Waals surface area (Å²) in [4.78, 5) is 43.5. The first-order valence-electron chi connectivity index (χ1n) is 14.8. The summed E-state index contributed by atoms with van der Waals surface area (Å²) in [6.45, 7) is 0.0999. The smallest absolute Gasteiger partial charge is 0.382 e. The standard InChI is InChI=1S/C33H34N7O5P/c34-31-30-32(36-22-35-31)39(23-37-30)28-17-16-26(18-28)21-45-46(42,43)38-33(41)29(19-24-10-4-1-5-11-24)40(27-14-8-3-9-15-27)44-20-25-12-6-2-7-13-25/h1-17,22-23,26,28-29H,18-21H2,(H2,34,35,36)(H2,38,41,42,43)/t26-,28+,29-/m0/s1. The maximum atomic E-state index is 13.9. The summed E-state index contributed by atoms with van der Waals surface area (Å²) in [5, 5.41) is 3.77. The second kappa shape index (κ2) is 14.1. The molecule has 0 aliphatic heterocycles. The number of amides is 1. The molecular weight excluding hydrogens is 605 g/mol. The molecule has 12 nitrogen and oxygen atoms in total. The minimum atomic E-state index is -4.57. The van der Waals surface area contributed by atoms with Gasteiger partial charge in [0.25, 0.3) is 5.91 Å². The normalized spacial score (nSPS) is 17.8. The van der Waals surface area contributed by atoms with E-state index in [1.54, 1.807) is 6.33 Å². The number of rotatable bonds is 13. The van der Waals surface area contributed by atoms with Gasteiger partial charge in [0, 0.05) is 12.3 Å². The molecule has 13 heteroatoms. The molecule has 2 heterocycles. The third-order valence-electron chi connectivity index (χ3n) is 7.69. The van der Waals surface area contributed by atoms with Crippen molar-refractivity contribution in [1.82, 2.24) is 24.6 Å². The van der Waals surface area contributed by atoms with Crippen molar-refractivity contribution in [3.8, 4) is 0 Å². The number of hydrogen-bond acceptors (Lipinski definition) is 9. The molecule has 1 aliphatic carbocycles. The van der Waals surface area contributed by atoms with Crippen LogP contribution in [0.1, 0.15) is 23.6 Å². The predicted octanol–water partition coefficient (Wildman–Crippen LogP) is 5.01. The first-order valence-corrected chi connectivity index (χ1v) is 16.4. The second-order valence-corrected chi connectivity index (χ2v) is 12.5. The third kappa shape index (κ3) is 7.49. The Morgan fingerprint density at radius 1 is 0.978 bits per heavy atom. The van der Waals surface area contributed by atoms with E-state index < -0.39 is 19.7 Å². The number of carbonyl (C=O) groups excluding carboxylic acids is 1. The van der Waals surface area contributed by atoms with Gasteiger partial charge in [-0.3, -0.25) is 19.2 Å². The molecule has 6 rings (SSSR count). The first-order chi connectivity index (χ1) is 22.4. The number of anilines is 2. The van der Waals surface area contributed by atoms with E-state index in [0.29, 0.717) is 29.1 Å². The quantitative estimate of drug-likeness (QED) is 0.0909. The summed E-state index contributed by atoms with van der Waals surface area (Å²) < 4.78 is 20.6. The van der Waals surface area contributed by atoms with Gasteiger partial charge >= 0.3 is 7.75 Å². The van der Waals surface area contributed by atoms with Crippen LogP contribution in [0.4, 0.5) is 11.5 Å². The fourth-order valence-corrected chi connectivity index (χ4v) is 6.28. The highest BCUT2D eigenvalue weighted by Gasteiger charge is 2.34. The van der Waals surface area contributed by atoms with Gasteiger partial charge in [-0.15, -0.1) is 0 Å². The van der Waals surface area contributed by atoms with Crippen LogP contribution in [0.5, 0.6) is 0 Å². The van der Waals surface area contributed by atoms with E-state index in [9.17, 15) is 14.3 Å². The van der Waals surface area contributed by atoms with Crippen molar-refractivity contribution in [3.05, 3.63) is 127 Å². The van der Waals surface area contributed by atoms with Gasteiger partial charge in [0.1, 0.15) is 17.9 Å². The molecule has 3 aromatic carbocycles. The van der Waals surface area contributed by atoms with Crippen LogP contribution >= 0.6 is 7.75 Å². The molecule has 1 amide bonds. The number of nitrogens with zero attached hydrogens (tertiary/aromatic N) is 5. The van der Waals surface area contributed by atoms with Crippen LogP contribution in [0.2, 0.25) is 0 Å². The van der Waals surface area contributed by atoms with Gasteiger partial charge in [-0.25, -0.2) is 24.6 Å². The Bertz CT molecular complexity index is 1840. The van der Waals surface area contributed by atoms with Gasteiger partial charge < -0.3 is 15.2 Å². The van der Waals surface area contributed by atoms with E-state index in [4.69, 9.17) is 15.1 Å². The summed E-state index contributed by atoms with van der Waals surface area (Å²) in [5.41, 5.74) is 9.41. The van der Waals surface area contributed by atoms with Gasteiger partial charge in [0.05, 0.1) is 31.3 Å². The molecule has 0 saturated heterocycles. The average Bonchev–Trinajstić information content (AvgIpc) is 3.73. The zero-order chi connectivity index (χ0) is 31.9. The summed E-state index contributed by atoms with van der Waals surface area (Å²) in [5.74, 6) is -0.604. The Hall–Kier alpha value is -4.87. The molecular formula is C33H34N7O5P. The predicted molar refractivity (Wildman–Crippen MR) is 174 cm³/mol. The van der Waals surface area contributed by atoms with E-state index in [0.717, 1.165) is 11.1 Å². The Balaban J connectivity index is 1.15. The second-order valence-electron chi connectivity index (χ2n) is 10.9. The molecule has 236 valence electrons. The SMILES string of the molecule is Nc1ncnc2c1ncn2[C@@H]1C=C[C@H](COP(=O)(O)NC(=O)[C@H](Cc2ccccc2)N(OCc2ccccc2)c2ccccc2)C1. The number of nitrogen functional groups attached to an aromatic ring is 1. The fraction of sp³-hybridized carbons (Fsp3) is 0.212. The minimum Gasteiger partial charge on any atom is -0.382 e. The van der Waals surface area contributed by atoms with Gasteiger partial charge in [0.2, 0.25) is 0 Å². The molecule has 0 bridgehead atoms. The topological polar surface area (TPSA) is 158 Å². The number of nitrogens with two attached hydrogens (primary N) is 1. The van der Waals surface area contributed by atoms with Gasteiger partial charge in [-0.2, -0.15) is 0 Å². The molecule has 1 unspecified atom stereocenters. The first kappa shape index (κ1) is 31.1. The molecule has 4 atom stereocenters. The summed E-state index contributed by atoms with van der Waals surface area (Å²) in [6.07, 6.45) is 7.69. The van der Waals surface area contributed by atoms with Gasteiger partial charge in [-0.1, -0.05) is 91.0 Å². The largest absolute Gasteiger partial charge is 0.432 e. The number of para-hydroxylation sites is 1. The minimum absolute atomic E-state index is 0.0823. The van der Waals surface area contributed by atoms with Gasteiger partial charge in [-0.05, 0) is 29.7 Å². The van der Waals surface area contributed by atoms with E-state index in [1.807, 2.05) is 108 Å². The Kier molecular flexibility index (Phi) is 9.51. The number of imidazole rings is 1. The highest BCUT2D eigenvalue weighted by molar-refractivity contribution is 7.51. The molecule has 4 N–H and O–H groups in total. The Morgan fingerprint density at radius 2 is 1.65 bits per heavy atom. The fourth-order valence-electron chi connectivity index (χ4n) is 5.40. The molecule has 2 aromatic heterocycles. The van der Waals surface area contributed by atoms with E-state index in [2.05, 4.69) is 20.0 Å². The van der Waals surface area contributed by atoms with Crippen molar-refractivity contribution in [2.45, 2.75) is 31.5 Å². The maximum Gasteiger partial charge on any atom is 0.432 e. The summed E-state index contributed by atoms with van der Waals surface area (Å²) >= 11 is 0. The van der Waals surface area contributed by atoms with Crippen LogP contribution in [0, 0.1) is 5.92 Å². The van der Waals surface area contributed by atoms with Crippen molar-refractivity contribution in [2.24, 2.45) is 5.92 Å². The van der Waals surface area contributed by atoms with Crippen molar-refractivity contribution in [3.63, 3.8) is 0 Å². The lowest BCUT2D eigenvalue weighted by atomic mass is 10.0. The number of hydroxylamine groups is 1. The van der Waals surface area contributed by atoms with E-state index in [-0.39, 0.29) is 31.6 Å². The number of aromatic nitrogens is 4. The molecule has 0 fully saturated rings. The van der Waals surface area contributed by atoms with Crippen molar-refractivity contribution >= 4 is 36.3 Å². The van der Waals surface area contributed by atoms with Crippen LogP contribution in [0.15, 0.2) is 116 Å². The zero-order valence-corrected chi connectivity index (χ0v) is 25.8. The number of hydrogen-bond donors (Lipinski definition) is 3. The maximum absolute atomic E-state index is 13.9. The number of benzene rings is 3. The van der Waals surface area contributed by atoms with Crippen LogP contribution < -0.4 is 15.9 Å². The number of nitrogens with one attached hydrogen (secondary N) is 1. The highest BCUT2D eigenvalue weighted by atomic mass is 31.2. The number of carbonyl (C=O) groups is 1. The third-order valence-corrected chi connectivity index (χ3v) is 8.69. The van der Waals surface area contributed by atoms with Gasteiger partial charge in [0.15, 0.2) is 11.5 Å². The van der Waals surface area contributed by atoms with Crippen molar-refractivity contribution < 1.29 is 23.6 Å². The van der Waals surface area contributed by atoms with Crippen LogP contribution in [0.3, 0.4) is 0 Å². The molecule has 0 radical (unpaired) electrons. The Labute approximate surface area is 266 Å². The summed E-state index contributed by atoms with van der Waals surface area (Å²) in [7, 11) is -4.57. The van der Waals surface area contributed by atoms with Crippen LogP contribution in [-0.4, -0.2) is 43.0 Å². The van der Waals surface area contributed by atoms with Crippen LogP contribution in [-0.2, 0) is 31.7 Å². The molecule has 46 heavy (non-hydrogen) atoms. The van der Waals surface area contributed by atoms with Crippen molar-refractivity contribution in [1.29, 1.82) is 0 Å². The molecule has 0 saturated carbocycles. The lowest BCUT2D eigenvalue weighted by molar-refractivity contribution is -0.123. The average molecular weight is 640 g/mol. The molecule has 5 aromatic rings.